The topological polar surface area (TPSA) is 71.1 Å². The van der Waals surface area contributed by atoms with Crippen molar-refractivity contribution in [2.75, 3.05) is 21.3 Å². The average Bonchev–Trinajstić information content (AvgIpc) is 2.76. The number of rotatable bonds is 14. The molecular weight excluding hydrogens is 408 g/mol. The third kappa shape index (κ3) is 8.56. The molecule has 32 heavy (non-hydrogen) atoms. The number of benzene rings is 1. The molecule has 6 nitrogen and oxygen atoms in total. The summed E-state index contributed by atoms with van der Waals surface area (Å²) < 4.78 is 21.5. The molecule has 0 saturated heterocycles. The lowest BCUT2D eigenvalue weighted by Crippen LogP contribution is -2.12. The van der Waals surface area contributed by atoms with Crippen LogP contribution >= 0.6 is 0 Å². The zero-order chi connectivity index (χ0) is 24.1. The van der Waals surface area contributed by atoms with Gasteiger partial charge in [-0.1, -0.05) is 37.3 Å². The fourth-order valence-corrected chi connectivity index (χ4v) is 3.54. The molecule has 6 heteroatoms. The van der Waals surface area contributed by atoms with E-state index in [0.29, 0.717) is 42.1 Å². The molecule has 0 N–H and O–H groups in total. The lowest BCUT2D eigenvalue weighted by molar-refractivity contribution is -0.140. The molecule has 0 aliphatic rings. The van der Waals surface area contributed by atoms with Crippen molar-refractivity contribution >= 4 is 11.9 Å². The summed E-state index contributed by atoms with van der Waals surface area (Å²) in [6.07, 6.45) is 8.76. The summed E-state index contributed by atoms with van der Waals surface area (Å²) in [6, 6.07) is 0. The largest absolute Gasteiger partial charge is 0.492 e. The van der Waals surface area contributed by atoms with Crippen LogP contribution in [-0.2, 0) is 20.7 Å². The van der Waals surface area contributed by atoms with Gasteiger partial charge in [-0.05, 0) is 58.1 Å². The molecule has 0 fully saturated rings. The Morgan fingerprint density at radius 3 is 1.81 bits per heavy atom. The van der Waals surface area contributed by atoms with Crippen LogP contribution in [-0.4, -0.2) is 33.3 Å². The van der Waals surface area contributed by atoms with E-state index in [4.69, 9.17) is 21.1 Å². The van der Waals surface area contributed by atoms with Gasteiger partial charge >= 0.3 is 11.9 Å². The minimum absolute atomic E-state index is 0.164. The smallest absolute Gasteiger partial charge is 0.311 e. The predicted octanol–water partition coefficient (Wildman–Crippen LogP) is 5.72. The van der Waals surface area contributed by atoms with E-state index in [0.717, 1.165) is 55.2 Å². The Hall–Kier alpha value is -2.50. The molecule has 0 bridgehead atoms. The molecule has 2 radical (unpaired) electrons. The highest BCUT2D eigenvalue weighted by Gasteiger charge is 2.24. The van der Waals surface area contributed by atoms with Crippen molar-refractivity contribution in [3.05, 3.63) is 35.3 Å². The number of carbonyl (C=O) groups excluding carboxylic acids is 2. The molecule has 0 spiro atoms. The highest BCUT2D eigenvalue weighted by molar-refractivity contribution is 5.76. The van der Waals surface area contributed by atoms with Crippen LogP contribution in [0.2, 0.25) is 0 Å². The second-order valence-electron chi connectivity index (χ2n) is 7.95. The SMILES string of the molecule is [CH]/C(C)=C/Cc1c(C)c(C)c(OC)c(OC)c1OC(=O)CCCCCCCCC(=O)OC. The number of esters is 2. The summed E-state index contributed by atoms with van der Waals surface area (Å²) in [4.78, 5) is 23.7. The van der Waals surface area contributed by atoms with Gasteiger partial charge in [-0.25, -0.2) is 0 Å². The van der Waals surface area contributed by atoms with Gasteiger partial charge in [0.15, 0.2) is 11.5 Å². The Morgan fingerprint density at radius 1 is 0.781 bits per heavy atom. The second kappa shape index (κ2) is 14.5. The maximum atomic E-state index is 12.6. The van der Waals surface area contributed by atoms with Gasteiger partial charge in [0.1, 0.15) is 0 Å². The summed E-state index contributed by atoms with van der Waals surface area (Å²) in [7, 11) is 4.52. The molecule has 0 aliphatic carbocycles. The van der Waals surface area contributed by atoms with E-state index in [-0.39, 0.29) is 11.9 Å². The number of allylic oxidation sites excluding steroid dienone is 2. The van der Waals surface area contributed by atoms with Crippen LogP contribution in [0.5, 0.6) is 17.2 Å². The van der Waals surface area contributed by atoms with Gasteiger partial charge in [0.05, 0.1) is 21.3 Å². The summed E-state index contributed by atoms with van der Waals surface area (Å²) in [5, 5.41) is 0. The Labute approximate surface area is 193 Å². The summed E-state index contributed by atoms with van der Waals surface area (Å²) in [5.41, 5.74) is 3.48. The quantitative estimate of drug-likeness (QED) is 0.207. The van der Waals surface area contributed by atoms with Crippen molar-refractivity contribution in [2.24, 2.45) is 0 Å². The second-order valence-corrected chi connectivity index (χ2v) is 7.95. The van der Waals surface area contributed by atoms with Crippen molar-refractivity contribution < 1.29 is 28.5 Å². The van der Waals surface area contributed by atoms with Crippen molar-refractivity contribution in [3.63, 3.8) is 0 Å². The molecule has 1 aromatic carbocycles. The van der Waals surface area contributed by atoms with Crippen LogP contribution in [0.25, 0.3) is 0 Å². The highest BCUT2D eigenvalue weighted by atomic mass is 16.6. The first-order valence-electron chi connectivity index (χ1n) is 11.2. The van der Waals surface area contributed by atoms with E-state index in [9.17, 15) is 9.59 Å². The zero-order valence-corrected chi connectivity index (χ0v) is 20.5. The van der Waals surface area contributed by atoms with Gasteiger partial charge in [0.25, 0.3) is 0 Å². The minimum Gasteiger partial charge on any atom is -0.492 e. The summed E-state index contributed by atoms with van der Waals surface area (Å²) in [5.74, 6) is 0.930. The van der Waals surface area contributed by atoms with E-state index >= 15 is 0 Å². The molecule has 0 saturated carbocycles. The van der Waals surface area contributed by atoms with Crippen LogP contribution in [0.1, 0.15) is 75.0 Å². The minimum atomic E-state index is -0.297. The van der Waals surface area contributed by atoms with Crippen LogP contribution in [0.3, 0.4) is 0 Å². The molecular formula is C26H38O6. The summed E-state index contributed by atoms with van der Waals surface area (Å²) >= 11 is 0. The number of carbonyl (C=O) groups is 2. The van der Waals surface area contributed by atoms with E-state index in [1.54, 1.807) is 7.11 Å². The van der Waals surface area contributed by atoms with Crippen LogP contribution < -0.4 is 14.2 Å². The van der Waals surface area contributed by atoms with Gasteiger partial charge < -0.3 is 18.9 Å². The first-order chi connectivity index (χ1) is 15.3. The molecule has 0 aromatic heterocycles. The van der Waals surface area contributed by atoms with E-state index in [2.05, 4.69) is 4.74 Å². The maximum Gasteiger partial charge on any atom is 0.311 e. The molecule has 0 atom stereocenters. The third-order valence-corrected chi connectivity index (χ3v) is 5.53. The molecule has 1 rings (SSSR count). The summed E-state index contributed by atoms with van der Waals surface area (Å²) in [6.45, 7) is 11.6. The van der Waals surface area contributed by atoms with Gasteiger partial charge in [-0.3, -0.25) is 9.59 Å². The van der Waals surface area contributed by atoms with Crippen LogP contribution in [0.15, 0.2) is 11.6 Å². The first-order valence-corrected chi connectivity index (χ1v) is 11.2. The monoisotopic (exact) mass is 446 g/mol. The normalized spacial score (nSPS) is 11.3. The molecule has 1 aromatic rings. The Bertz CT molecular complexity index is 790. The average molecular weight is 447 g/mol. The Morgan fingerprint density at radius 2 is 1.31 bits per heavy atom. The standard InChI is InChI=1S/C26H38O6/c1-18(2)16-17-21-19(3)20(4)24(30-6)26(31-7)25(21)32-23(28)15-13-11-9-8-10-12-14-22(27)29-5/h1,16H,8-15,17H2,2-7H3/b18-16-. The van der Waals surface area contributed by atoms with Crippen molar-refractivity contribution in [2.45, 2.75) is 78.6 Å². The van der Waals surface area contributed by atoms with Crippen molar-refractivity contribution in [3.8, 4) is 17.2 Å². The number of hydrogen-bond acceptors (Lipinski definition) is 6. The molecule has 178 valence electrons. The molecule has 0 amide bonds. The molecule has 0 heterocycles. The van der Waals surface area contributed by atoms with Crippen molar-refractivity contribution in [1.29, 1.82) is 0 Å². The number of hydrogen-bond donors (Lipinski definition) is 0. The van der Waals surface area contributed by atoms with Crippen LogP contribution in [0, 0.1) is 20.8 Å². The lowest BCUT2D eigenvalue weighted by atomic mass is 9.97. The van der Waals surface area contributed by atoms with Gasteiger partial charge in [-0.2, -0.15) is 0 Å². The van der Waals surface area contributed by atoms with E-state index in [1.807, 2.05) is 26.8 Å². The fraction of sp³-hybridized carbons (Fsp3) is 0.577. The number of unbranched alkanes of at least 4 members (excludes halogenated alkanes) is 5. The van der Waals surface area contributed by atoms with Gasteiger partial charge in [0, 0.05) is 18.4 Å². The van der Waals surface area contributed by atoms with E-state index < -0.39 is 0 Å². The Balaban J connectivity index is 2.74. The predicted molar refractivity (Wildman–Crippen MR) is 125 cm³/mol. The fourth-order valence-electron chi connectivity index (χ4n) is 3.54. The molecule has 0 aliphatic heterocycles. The van der Waals surface area contributed by atoms with E-state index in [1.165, 1.54) is 14.2 Å². The maximum absolute atomic E-state index is 12.6. The lowest BCUT2D eigenvalue weighted by Gasteiger charge is -2.21. The Kier molecular flexibility index (Phi) is 12.5. The van der Waals surface area contributed by atoms with Gasteiger partial charge in [0.2, 0.25) is 5.75 Å². The molecule has 0 unspecified atom stereocenters. The van der Waals surface area contributed by atoms with Crippen LogP contribution in [0.4, 0.5) is 0 Å². The highest BCUT2D eigenvalue weighted by Crippen LogP contribution is 2.45. The first kappa shape index (κ1) is 27.5. The third-order valence-electron chi connectivity index (χ3n) is 5.53. The number of ether oxygens (including phenoxy) is 4. The van der Waals surface area contributed by atoms with Crippen molar-refractivity contribution in [1.82, 2.24) is 0 Å². The number of methoxy groups -OCH3 is 3. The zero-order valence-electron chi connectivity index (χ0n) is 20.5. The van der Waals surface area contributed by atoms with Gasteiger partial charge in [-0.15, -0.1) is 0 Å².